The van der Waals surface area contributed by atoms with Crippen molar-refractivity contribution in [2.24, 2.45) is 0 Å². The Morgan fingerprint density at radius 3 is 2.36 bits per heavy atom. The quantitative estimate of drug-likeness (QED) is 0.600. The fourth-order valence-corrected chi connectivity index (χ4v) is 5.05. The summed E-state index contributed by atoms with van der Waals surface area (Å²) in [6.45, 7) is 4.18. The number of anilines is 1. The molecule has 1 aliphatic heterocycles. The number of carbonyl (C=O) groups is 1. The van der Waals surface area contributed by atoms with Crippen molar-refractivity contribution in [3.8, 4) is 5.75 Å². The van der Waals surface area contributed by atoms with Crippen molar-refractivity contribution in [3.05, 3.63) is 53.6 Å². The number of benzene rings is 2. The Balaban J connectivity index is 1.60. The zero-order chi connectivity index (χ0) is 24.0. The number of aryl methyl sites for hydroxylation is 1. The van der Waals surface area contributed by atoms with Crippen LogP contribution in [0.1, 0.15) is 49.8 Å². The Kier molecular flexibility index (Phi) is 8.37. The number of nitrogens with one attached hydrogen (secondary N) is 1. The van der Waals surface area contributed by atoms with Gasteiger partial charge in [0.2, 0.25) is 15.9 Å². The molecule has 8 heteroatoms. The number of sulfonamides is 1. The molecule has 1 atom stereocenters. The number of amides is 1. The predicted octanol–water partition coefficient (Wildman–Crippen LogP) is 3.75. The largest absolute Gasteiger partial charge is 0.496 e. The fraction of sp³-hybridized carbons (Fsp3) is 0.480. The summed E-state index contributed by atoms with van der Waals surface area (Å²) in [5, 5.41) is 3.05. The molecule has 2 aromatic carbocycles. The van der Waals surface area contributed by atoms with Crippen molar-refractivity contribution in [3.63, 3.8) is 0 Å². The first kappa shape index (κ1) is 25.1. The minimum absolute atomic E-state index is 0.0921. The molecule has 1 aliphatic rings. The number of rotatable bonds is 9. The molecule has 1 saturated heterocycles. The lowest BCUT2D eigenvalue weighted by molar-refractivity contribution is -0.121. The van der Waals surface area contributed by atoms with Gasteiger partial charge in [0.15, 0.2) is 0 Å². The molecule has 2 aromatic rings. The maximum atomic E-state index is 12.6. The third kappa shape index (κ3) is 6.26. The Hall–Kier alpha value is -2.58. The van der Waals surface area contributed by atoms with E-state index >= 15 is 0 Å². The molecule has 33 heavy (non-hydrogen) atoms. The zero-order valence-corrected chi connectivity index (χ0v) is 20.8. The number of methoxy groups -OCH3 is 1. The van der Waals surface area contributed by atoms with Gasteiger partial charge in [-0.05, 0) is 74.1 Å². The maximum absolute atomic E-state index is 12.6. The third-order valence-corrected chi connectivity index (χ3v) is 7.95. The molecule has 1 N–H and O–H groups in total. The van der Waals surface area contributed by atoms with Crippen LogP contribution in [-0.2, 0) is 21.2 Å². The molecular weight excluding hydrogens is 438 g/mol. The van der Waals surface area contributed by atoms with Crippen LogP contribution < -0.4 is 15.0 Å². The zero-order valence-electron chi connectivity index (χ0n) is 20.0. The van der Waals surface area contributed by atoms with E-state index in [1.54, 1.807) is 12.1 Å². The van der Waals surface area contributed by atoms with Gasteiger partial charge in [0.1, 0.15) is 5.75 Å². The molecule has 0 bridgehead atoms. The SMILES string of the molecule is COc1ccc(S(=O)(=O)N(C)C)cc1CCC(=O)N[C@H](C)c1ccc(N2CCCCC2)cc1. The number of carbonyl (C=O) groups excluding carboxylic acids is 1. The van der Waals surface area contributed by atoms with Crippen molar-refractivity contribution in [1.82, 2.24) is 9.62 Å². The summed E-state index contributed by atoms with van der Waals surface area (Å²) in [5.41, 5.74) is 2.98. The summed E-state index contributed by atoms with van der Waals surface area (Å²) in [5.74, 6) is 0.479. The second-order valence-electron chi connectivity index (χ2n) is 8.69. The monoisotopic (exact) mass is 473 g/mol. The molecule has 1 amide bonds. The van der Waals surface area contributed by atoms with Crippen LogP contribution in [0, 0.1) is 0 Å². The summed E-state index contributed by atoms with van der Waals surface area (Å²) in [6.07, 6.45) is 4.40. The molecule has 0 spiro atoms. The van der Waals surface area contributed by atoms with Gasteiger partial charge in [-0.1, -0.05) is 12.1 Å². The first-order valence-corrected chi connectivity index (χ1v) is 12.9. The highest BCUT2D eigenvalue weighted by atomic mass is 32.2. The molecule has 180 valence electrons. The van der Waals surface area contributed by atoms with Gasteiger partial charge >= 0.3 is 0 Å². The average Bonchev–Trinajstić information content (AvgIpc) is 2.83. The number of nitrogens with zero attached hydrogens (tertiary/aromatic N) is 2. The second-order valence-corrected chi connectivity index (χ2v) is 10.8. The van der Waals surface area contributed by atoms with E-state index in [9.17, 15) is 13.2 Å². The molecule has 0 saturated carbocycles. The third-order valence-electron chi connectivity index (χ3n) is 6.14. The van der Waals surface area contributed by atoms with Crippen LogP contribution in [0.2, 0.25) is 0 Å². The van der Waals surface area contributed by atoms with Crippen LogP contribution in [-0.4, -0.2) is 52.9 Å². The Labute approximate surface area is 197 Å². The van der Waals surface area contributed by atoms with Gasteiger partial charge in [-0.15, -0.1) is 0 Å². The second kappa shape index (κ2) is 11.0. The topological polar surface area (TPSA) is 79.0 Å². The molecular formula is C25H35N3O4S. The molecule has 0 radical (unpaired) electrons. The summed E-state index contributed by atoms with van der Waals surface area (Å²) in [4.78, 5) is 15.2. The summed E-state index contributed by atoms with van der Waals surface area (Å²) in [7, 11) is 0.967. The van der Waals surface area contributed by atoms with Crippen LogP contribution >= 0.6 is 0 Å². The van der Waals surface area contributed by atoms with Crippen molar-refractivity contribution >= 4 is 21.6 Å². The lowest BCUT2D eigenvalue weighted by Gasteiger charge is -2.29. The first-order valence-electron chi connectivity index (χ1n) is 11.5. The van der Waals surface area contributed by atoms with E-state index in [0.717, 1.165) is 18.7 Å². The van der Waals surface area contributed by atoms with Crippen molar-refractivity contribution in [1.29, 1.82) is 0 Å². The van der Waals surface area contributed by atoms with E-state index in [1.165, 1.54) is 56.5 Å². The lowest BCUT2D eigenvalue weighted by atomic mass is 10.0. The average molecular weight is 474 g/mol. The van der Waals surface area contributed by atoms with Crippen LogP contribution in [0.4, 0.5) is 5.69 Å². The van der Waals surface area contributed by atoms with Gasteiger partial charge in [-0.2, -0.15) is 0 Å². The molecule has 7 nitrogen and oxygen atoms in total. The van der Waals surface area contributed by atoms with Gasteiger partial charge in [0.25, 0.3) is 0 Å². The van der Waals surface area contributed by atoms with Gasteiger partial charge in [-0.25, -0.2) is 12.7 Å². The fourth-order valence-electron chi connectivity index (χ4n) is 4.09. The molecule has 0 unspecified atom stereocenters. The van der Waals surface area contributed by atoms with Crippen molar-refractivity contribution in [2.75, 3.05) is 39.2 Å². The van der Waals surface area contributed by atoms with E-state index < -0.39 is 10.0 Å². The highest BCUT2D eigenvalue weighted by molar-refractivity contribution is 7.89. The lowest BCUT2D eigenvalue weighted by Crippen LogP contribution is -2.29. The summed E-state index contributed by atoms with van der Waals surface area (Å²) < 4.78 is 31.4. The Morgan fingerprint density at radius 2 is 1.76 bits per heavy atom. The van der Waals surface area contributed by atoms with Gasteiger partial charge in [0, 0.05) is 39.3 Å². The first-order chi connectivity index (χ1) is 15.7. The van der Waals surface area contributed by atoms with Crippen LogP contribution in [0.5, 0.6) is 5.75 Å². The van der Waals surface area contributed by atoms with Crippen LogP contribution in [0.15, 0.2) is 47.4 Å². The summed E-state index contributed by atoms with van der Waals surface area (Å²) in [6, 6.07) is 13.0. The van der Waals surface area contributed by atoms with Crippen molar-refractivity contribution in [2.45, 2.75) is 50.0 Å². The minimum Gasteiger partial charge on any atom is -0.496 e. The normalized spacial score (nSPS) is 15.4. The highest BCUT2D eigenvalue weighted by Crippen LogP contribution is 2.26. The number of hydrogen-bond donors (Lipinski definition) is 1. The smallest absolute Gasteiger partial charge is 0.242 e. The number of piperidine rings is 1. The standard InChI is InChI=1S/C25H35N3O4S/c1-19(20-8-11-22(12-9-20)28-16-6-5-7-17-28)26-25(29)15-10-21-18-23(13-14-24(21)32-4)33(30,31)27(2)3/h8-9,11-14,18-19H,5-7,10,15-17H2,1-4H3,(H,26,29)/t19-/m1/s1. The highest BCUT2D eigenvalue weighted by Gasteiger charge is 2.20. The predicted molar refractivity (Wildman–Crippen MR) is 131 cm³/mol. The Morgan fingerprint density at radius 1 is 1.09 bits per heavy atom. The Bertz CT molecular complexity index is 1050. The maximum Gasteiger partial charge on any atom is 0.242 e. The number of hydrogen-bond acceptors (Lipinski definition) is 5. The van der Waals surface area contributed by atoms with Gasteiger partial charge in [-0.3, -0.25) is 4.79 Å². The van der Waals surface area contributed by atoms with Crippen LogP contribution in [0.25, 0.3) is 0 Å². The van der Waals surface area contributed by atoms with E-state index in [0.29, 0.717) is 17.7 Å². The van der Waals surface area contributed by atoms with E-state index in [-0.39, 0.29) is 23.3 Å². The molecule has 3 rings (SSSR count). The molecule has 0 aromatic heterocycles. The molecule has 0 aliphatic carbocycles. The minimum atomic E-state index is -3.56. The van der Waals surface area contributed by atoms with Gasteiger partial charge in [0.05, 0.1) is 18.0 Å². The van der Waals surface area contributed by atoms with Crippen molar-refractivity contribution < 1.29 is 17.9 Å². The van der Waals surface area contributed by atoms with Gasteiger partial charge < -0.3 is 15.0 Å². The van der Waals surface area contributed by atoms with Crippen LogP contribution in [0.3, 0.4) is 0 Å². The van der Waals surface area contributed by atoms with E-state index in [1.807, 2.05) is 6.92 Å². The van der Waals surface area contributed by atoms with E-state index in [4.69, 9.17) is 4.74 Å². The van der Waals surface area contributed by atoms with E-state index in [2.05, 4.69) is 34.5 Å². The summed E-state index contributed by atoms with van der Waals surface area (Å²) >= 11 is 0. The molecule has 1 fully saturated rings. The molecule has 1 heterocycles. The number of ether oxygens (including phenoxy) is 1.